The van der Waals surface area contributed by atoms with E-state index in [1.807, 2.05) is 0 Å². The predicted molar refractivity (Wildman–Crippen MR) is 181 cm³/mol. The van der Waals surface area contributed by atoms with Gasteiger partial charge in [-0.25, -0.2) is 13.9 Å². The number of para-hydroxylation sites is 2. The van der Waals surface area contributed by atoms with Gasteiger partial charge >= 0.3 is 13.4 Å². The fraction of sp³-hybridized carbons (Fsp3) is 0. The second kappa shape index (κ2) is 12.3. The van der Waals surface area contributed by atoms with Crippen LogP contribution in [-0.2, 0) is 4.57 Å². The van der Waals surface area contributed by atoms with E-state index in [0.29, 0.717) is 33.7 Å². The van der Waals surface area contributed by atoms with E-state index in [9.17, 15) is 24.5 Å². The lowest BCUT2D eigenvalue weighted by atomic mass is 10.1. The molecule has 2 N–H and O–H groups in total. The number of phenols is 1. The third-order valence-corrected chi connectivity index (χ3v) is 8.83. The Balaban J connectivity index is 1.35. The Bertz CT molecular complexity index is 2430. The first-order chi connectivity index (χ1) is 23.3. The van der Waals surface area contributed by atoms with Crippen LogP contribution in [0.5, 0.6) is 17.2 Å². The van der Waals surface area contributed by atoms with Crippen LogP contribution in [0.3, 0.4) is 0 Å². The van der Waals surface area contributed by atoms with Crippen molar-refractivity contribution in [1.29, 1.82) is 5.26 Å². The van der Waals surface area contributed by atoms with Crippen molar-refractivity contribution in [3.8, 4) is 46.1 Å². The van der Waals surface area contributed by atoms with Crippen LogP contribution < -0.4 is 25.4 Å². The van der Waals surface area contributed by atoms with Gasteiger partial charge in [0.2, 0.25) is 0 Å². The summed E-state index contributed by atoms with van der Waals surface area (Å²) in [5.41, 5.74) is 0.448. The maximum absolute atomic E-state index is 14.1. The molecular formula is C36H24N5O6P. The van der Waals surface area contributed by atoms with E-state index in [4.69, 9.17) is 9.05 Å². The van der Waals surface area contributed by atoms with E-state index in [1.165, 1.54) is 18.2 Å². The summed E-state index contributed by atoms with van der Waals surface area (Å²) in [7, 11) is -4.11. The Morgan fingerprint density at radius 3 is 2.04 bits per heavy atom. The minimum absolute atomic E-state index is 0.0304. The molecule has 48 heavy (non-hydrogen) atoms. The molecule has 12 heteroatoms. The van der Waals surface area contributed by atoms with Gasteiger partial charge in [0.05, 0.1) is 28.4 Å². The number of benzene rings is 5. The zero-order valence-electron chi connectivity index (χ0n) is 24.9. The largest absolute Gasteiger partial charge is 0.541 e. The van der Waals surface area contributed by atoms with Crippen LogP contribution in [0, 0.1) is 11.3 Å². The molecule has 0 bridgehead atoms. The van der Waals surface area contributed by atoms with Crippen molar-refractivity contribution in [1.82, 2.24) is 14.1 Å². The Kier molecular flexibility index (Phi) is 7.69. The van der Waals surface area contributed by atoms with Crippen molar-refractivity contribution >= 4 is 24.3 Å². The molecule has 0 saturated heterocycles. The first-order valence-corrected chi connectivity index (χ1v) is 16.1. The minimum atomic E-state index is -4.11. The molecule has 0 aromatic heterocycles. The van der Waals surface area contributed by atoms with Crippen molar-refractivity contribution in [2.24, 2.45) is 0 Å². The molecule has 0 spiro atoms. The highest BCUT2D eigenvalue weighted by atomic mass is 31.2. The highest BCUT2D eigenvalue weighted by Gasteiger charge is 2.30. The molecule has 11 nitrogen and oxygen atoms in total. The molecule has 0 atom stereocenters. The second-order valence-corrected chi connectivity index (χ2v) is 12.2. The molecular weight excluding hydrogens is 629 g/mol. The van der Waals surface area contributed by atoms with Crippen LogP contribution >= 0.6 is 7.75 Å². The van der Waals surface area contributed by atoms with Crippen LogP contribution in [0.2, 0.25) is 0 Å². The molecule has 0 fully saturated rings. The molecule has 7 rings (SSSR count). The fourth-order valence-electron chi connectivity index (χ4n) is 5.27. The highest BCUT2D eigenvalue weighted by molar-refractivity contribution is 7.56. The number of rotatable bonds is 8. The number of pyridine rings is 1. The summed E-state index contributed by atoms with van der Waals surface area (Å²) in [5.74, 6) is 0.699. The van der Waals surface area contributed by atoms with E-state index in [0.717, 1.165) is 4.57 Å². The Morgan fingerprint density at radius 2 is 1.40 bits per heavy atom. The molecule has 5 aromatic rings. The summed E-state index contributed by atoms with van der Waals surface area (Å²) in [6.07, 6.45) is 0. The van der Waals surface area contributed by atoms with Crippen molar-refractivity contribution < 1.29 is 18.7 Å². The Hall–Kier alpha value is -6.63. The topological polar surface area (TPSA) is 148 Å². The van der Waals surface area contributed by atoms with Crippen molar-refractivity contribution in [2.75, 3.05) is 5.09 Å². The SMILES string of the molecule is N#Cc1ccc2cc3c(=O)n(-c4cccc(NP(=O)(Oc5ccccc5)Oc5ccccc5)c4)c(=O)nc-3n(-c3ccc(O)cc3)c2c1. The number of nitrogens with one attached hydrogen (secondary N) is 1. The van der Waals surface area contributed by atoms with Crippen molar-refractivity contribution in [2.45, 2.75) is 0 Å². The van der Waals surface area contributed by atoms with Crippen LogP contribution in [0.4, 0.5) is 5.69 Å². The van der Waals surface area contributed by atoms with Crippen LogP contribution in [0.1, 0.15) is 5.56 Å². The van der Waals surface area contributed by atoms with E-state index in [1.54, 1.807) is 120 Å². The summed E-state index contributed by atoms with van der Waals surface area (Å²) in [4.78, 5) is 32.1. The molecule has 2 heterocycles. The van der Waals surface area contributed by atoms with E-state index in [-0.39, 0.29) is 28.5 Å². The standard InChI is InChI=1S/C36H24N5O6P/c37-23-24-14-15-25-21-32-34(40(33(25)20-24)27-16-18-29(42)19-17-27)38-36(44)41(35(32)43)28-9-7-8-26(22-28)39-48(45,46-30-10-3-1-4-11-30)47-31-12-5-2-6-13-31/h1-22,42H,(H,39,45). The third kappa shape index (κ3) is 5.87. The summed E-state index contributed by atoms with van der Waals surface area (Å²) in [6.45, 7) is 0. The summed E-state index contributed by atoms with van der Waals surface area (Å²) >= 11 is 0. The number of phenolic OH excluding ortho intramolecular Hbond substituents is 1. The molecule has 0 saturated carbocycles. The normalized spacial score (nSPS) is 11.2. The first kappa shape index (κ1) is 30.0. The maximum Gasteiger partial charge on any atom is 0.541 e. The van der Waals surface area contributed by atoms with Gasteiger partial charge in [0, 0.05) is 11.4 Å². The van der Waals surface area contributed by atoms with Gasteiger partial charge < -0.3 is 14.2 Å². The lowest BCUT2D eigenvalue weighted by Crippen LogP contribution is -2.36. The van der Waals surface area contributed by atoms with Gasteiger partial charge in [-0.1, -0.05) is 48.5 Å². The third-order valence-electron chi connectivity index (χ3n) is 7.40. The molecule has 2 aliphatic rings. The van der Waals surface area contributed by atoms with Gasteiger partial charge in [0.15, 0.2) is 5.82 Å². The molecule has 0 unspecified atom stereocenters. The van der Waals surface area contributed by atoms with Gasteiger partial charge in [0.25, 0.3) is 5.56 Å². The number of anilines is 1. The number of aromatic nitrogens is 3. The zero-order chi connectivity index (χ0) is 33.3. The van der Waals surface area contributed by atoms with Gasteiger partial charge in [-0.3, -0.25) is 14.4 Å². The van der Waals surface area contributed by atoms with E-state index >= 15 is 0 Å². The Morgan fingerprint density at radius 1 is 0.729 bits per heavy atom. The highest BCUT2D eigenvalue weighted by Crippen LogP contribution is 2.48. The van der Waals surface area contributed by atoms with Gasteiger partial charge in [-0.2, -0.15) is 10.2 Å². The summed E-state index contributed by atoms with van der Waals surface area (Å²) in [6, 6.07) is 38.2. The van der Waals surface area contributed by atoms with Crippen molar-refractivity contribution in [3.05, 3.63) is 160 Å². The van der Waals surface area contributed by atoms with Crippen molar-refractivity contribution in [3.63, 3.8) is 0 Å². The number of hydrogen-bond donors (Lipinski definition) is 2. The fourth-order valence-corrected chi connectivity index (χ4v) is 6.65. The van der Waals surface area contributed by atoms with Crippen LogP contribution in [0.15, 0.2) is 143 Å². The van der Waals surface area contributed by atoms with E-state index in [2.05, 4.69) is 16.1 Å². The quantitative estimate of drug-likeness (QED) is 0.132. The van der Waals surface area contributed by atoms with Gasteiger partial charge in [-0.15, -0.1) is 0 Å². The first-order valence-electron chi connectivity index (χ1n) is 14.6. The number of hydrogen-bond acceptors (Lipinski definition) is 8. The molecule has 0 radical (unpaired) electrons. The smallest absolute Gasteiger partial charge is 0.508 e. The lowest BCUT2D eigenvalue weighted by Gasteiger charge is -2.21. The number of nitrogens with zero attached hydrogens (tertiary/aromatic N) is 4. The number of aromatic hydroxyl groups is 1. The molecule has 0 aliphatic carbocycles. The average Bonchev–Trinajstić information content (AvgIpc) is 3.09. The maximum atomic E-state index is 14.1. The molecule has 234 valence electrons. The summed E-state index contributed by atoms with van der Waals surface area (Å²) in [5, 5.41) is 22.9. The summed E-state index contributed by atoms with van der Waals surface area (Å²) < 4.78 is 28.3. The molecule has 5 aromatic carbocycles. The van der Waals surface area contributed by atoms with Crippen LogP contribution in [-0.4, -0.2) is 19.2 Å². The lowest BCUT2D eigenvalue weighted by molar-refractivity contribution is 0.393. The number of fused-ring (bicyclic) bond motifs is 2. The molecule has 0 amide bonds. The minimum Gasteiger partial charge on any atom is -0.508 e. The monoisotopic (exact) mass is 653 g/mol. The predicted octanol–water partition coefficient (Wildman–Crippen LogP) is 6.90. The number of nitriles is 1. The van der Waals surface area contributed by atoms with Gasteiger partial charge in [0.1, 0.15) is 17.2 Å². The van der Waals surface area contributed by atoms with E-state index < -0.39 is 19.0 Å². The zero-order valence-corrected chi connectivity index (χ0v) is 25.8. The van der Waals surface area contributed by atoms with Crippen LogP contribution in [0.25, 0.3) is 33.7 Å². The molecule has 2 aliphatic heterocycles. The average molecular weight is 654 g/mol. The Labute approximate surface area is 273 Å². The second-order valence-electron chi connectivity index (χ2n) is 10.6. The van der Waals surface area contributed by atoms with Gasteiger partial charge in [-0.05, 0) is 90.3 Å².